The van der Waals surface area contributed by atoms with E-state index < -0.39 is 11.5 Å². The molecule has 1 spiro atoms. The van der Waals surface area contributed by atoms with Crippen LogP contribution in [0.3, 0.4) is 0 Å². The zero-order chi connectivity index (χ0) is 15.7. The van der Waals surface area contributed by atoms with Gasteiger partial charge in [0.15, 0.2) is 0 Å². The quantitative estimate of drug-likeness (QED) is 0.873. The Balaban J connectivity index is 1.77. The third-order valence-electron chi connectivity index (χ3n) is 4.73. The lowest BCUT2D eigenvalue weighted by Crippen LogP contribution is -2.61. The molecule has 2 saturated heterocycles. The van der Waals surface area contributed by atoms with Crippen molar-refractivity contribution in [3.05, 3.63) is 34.6 Å². The molecule has 0 aliphatic carbocycles. The third-order valence-corrected chi connectivity index (χ3v) is 4.95. The third kappa shape index (κ3) is 2.98. The molecule has 2 aliphatic heterocycles. The van der Waals surface area contributed by atoms with E-state index in [2.05, 4.69) is 10.2 Å². The topological polar surface area (TPSA) is 52.6 Å². The Morgan fingerprint density at radius 1 is 1.45 bits per heavy atom. The molecule has 2 N–H and O–H groups in total. The number of nitrogens with one attached hydrogen (secondary N) is 1. The van der Waals surface area contributed by atoms with Crippen molar-refractivity contribution in [2.75, 3.05) is 19.6 Å². The van der Waals surface area contributed by atoms with E-state index in [9.17, 15) is 14.3 Å². The van der Waals surface area contributed by atoms with Crippen LogP contribution in [0.2, 0.25) is 5.02 Å². The van der Waals surface area contributed by atoms with Crippen molar-refractivity contribution < 1.29 is 14.3 Å². The minimum Gasteiger partial charge on any atom is -0.392 e. The van der Waals surface area contributed by atoms with Gasteiger partial charge in [0.1, 0.15) is 5.82 Å². The molecule has 2 atom stereocenters. The minimum atomic E-state index is -0.729. The lowest BCUT2D eigenvalue weighted by Gasteiger charge is -2.47. The highest BCUT2D eigenvalue weighted by Gasteiger charge is 2.49. The first-order valence-electron chi connectivity index (χ1n) is 7.63. The second-order valence-electron chi connectivity index (χ2n) is 6.31. The Morgan fingerprint density at radius 3 is 3.00 bits per heavy atom. The number of rotatable bonds is 2. The van der Waals surface area contributed by atoms with Crippen LogP contribution in [0.4, 0.5) is 4.39 Å². The number of benzene rings is 1. The van der Waals surface area contributed by atoms with E-state index in [-0.39, 0.29) is 11.7 Å². The number of aliphatic hydroxyl groups is 1. The maximum Gasteiger partial charge on any atom is 0.230 e. The van der Waals surface area contributed by atoms with Crippen molar-refractivity contribution in [1.29, 1.82) is 0 Å². The Kier molecular flexibility index (Phi) is 4.39. The molecule has 22 heavy (non-hydrogen) atoms. The van der Waals surface area contributed by atoms with Crippen LogP contribution in [0.1, 0.15) is 24.8 Å². The molecule has 0 radical (unpaired) electrons. The number of carbonyl (C=O) groups is 1. The van der Waals surface area contributed by atoms with Gasteiger partial charge in [-0.15, -0.1) is 0 Å². The van der Waals surface area contributed by atoms with Gasteiger partial charge < -0.3 is 10.4 Å². The molecule has 1 amide bonds. The Morgan fingerprint density at radius 2 is 2.27 bits per heavy atom. The minimum absolute atomic E-state index is 0.0618. The van der Waals surface area contributed by atoms with E-state index in [1.807, 2.05) is 0 Å². The van der Waals surface area contributed by atoms with Gasteiger partial charge in [-0.05, 0) is 43.0 Å². The Labute approximate surface area is 134 Å². The molecule has 1 aromatic carbocycles. The van der Waals surface area contributed by atoms with Gasteiger partial charge in [0, 0.05) is 31.2 Å². The summed E-state index contributed by atoms with van der Waals surface area (Å²) in [7, 11) is 0. The van der Waals surface area contributed by atoms with E-state index in [0.717, 1.165) is 12.0 Å². The zero-order valence-electron chi connectivity index (χ0n) is 12.3. The smallest absolute Gasteiger partial charge is 0.230 e. The molecule has 0 bridgehead atoms. The van der Waals surface area contributed by atoms with E-state index >= 15 is 0 Å². The highest BCUT2D eigenvalue weighted by molar-refractivity contribution is 6.30. The summed E-state index contributed by atoms with van der Waals surface area (Å²) in [6.07, 6.45) is 1.51. The zero-order valence-corrected chi connectivity index (χ0v) is 13.1. The highest BCUT2D eigenvalue weighted by Crippen LogP contribution is 2.37. The van der Waals surface area contributed by atoms with Crippen molar-refractivity contribution in [2.45, 2.75) is 31.9 Å². The molecule has 1 aromatic rings. The van der Waals surface area contributed by atoms with Crippen molar-refractivity contribution >= 4 is 17.5 Å². The number of halogens is 2. The number of piperidine rings is 2. The van der Waals surface area contributed by atoms with Crippen LogP contribution >= 0.6 is 11.6 Å². The second kappa shape index (κ2) is 6.14. The first kappa shape index (κ1) is 15.7. The van der Waals surface area contributed by atoms with Crippen LogP contribution in [0, 0.1) is 11.2 Å². The number of amides is 1. The summed E-state index contributed by atoms with van der Waals surface area (Å²) < 4.78 is 13.4. The van der Waals surface area contributed by atoms with E-state index in [1.165, 1.54) is 12.1 Å². The summed E-state index contributed by atoms with van der Waals surface area (Å²) in [5.41, 5.74) is 0.0564. The summed E-state index contributed by atoms with van der Waals surface area (Å²) in [6.45, 7) is 2.38. The fourth-order valence-corrected chi connectivity index (χ4v) is 3.87. The first-order chi connectivity index (χ1) is 10.5. The summed E-state index contributed by atoms with van der Waals surface area (Å²) >= 11 is 5.89. The number of likely N-dealkylation sites (tertiary alicyclic amines) is 1. The number of carbonyl (C=O) groups excluding carboxylic acids is 1. The SMILES string of the molecule is O=C1NCCC[C@]12CN(Cc1cc(F)cc(Cl)c1)CC[C@@H]2O. The van der Waals surface area contributed by atoms with Crippen molar-refractivity contribution in [3.8, 4) is 0 Å². The average molecular weight is 327 g/mol. The maximum absolute atomic E-state index is 13.4. The second-order valence-corrected chi connectivity index (χ2v) is 6.74. The van der Waals surface area contributed by atoms with Crippen molar-refractivity contribution in [1.82, 2.24) is 10.2 Å². The lowest BCUT2D eigenvalue weighted by molar-refractivity contribution is -0.149. The maximum atomic E-state index is 13.4. The van der Waals surface area contributed by atoms with Gasteiger partial charge in [-0.25, -0.2) is 4.39 Å². The molecule has 2 fully saturated rings. The van der Waals surface area contributed by atoms with Gasteiger partial charge in [0.2, 0.25) is 5.91 Å². The van der Waals surface area contributed by atoms with E-state index in [0.29, 0.717) is 44.0 Å². The monoisotopic (exact) mass is 326 g/mol. The van der Waals surface area contributed by atoms with E-state index in [1.54, 1.807) is 6.07 Å². The molecule has 3 rings (SSSR count). The van der Waals surface area contributed by atoms with Crippen LogP contribution in [0.25, 0.3) is 0 Å². The van der Waals surface area contributed by atoms with Crippen LogP contribution in [0.15, 0.2) is 18.2 Å². The van der Waals surface area contributed by atoms with Crippen LogP contribution in [0.5, 0.6) is 0 Å². The summed E-state index contributed by atoms with van der Waals surface area (Å²) in [6, 6.07) is 4.48. The summed E-state index contributed by atoms with van der Waals surface area (Å²) in [4.78, 5) is 14.4. The molecule has 2 heterocycles. The molecule has 0 unspecified atom stereocenters. The van der Waals surface area contributed by atoms with Gasteiger partial charge in [0.25, 0.3) is 0 Å². The highest BCUT2D eigenvalue weighted by atomic mass is 35.5. The first-order valence-corrected chi connectivity index (χ1v) is 8.01. The van der Waals surface area contributed by atoms with Gasteiger partial charge >= 0.3 is 0 Å². The molecular formula is C16H20ClFN2O2. The van der Waals surface area contributed by atoms with Gasteiger partial charge in [-0.2, -0.15) is 0 Å². The predicted octanol–water partition coefficient (Wildman–Crippen LogP) is 1.94. The number of aliphatic hydroxyl groups excluding tert-OH is 1. The van der Waals surface area contributed by atoms with Gasteiger partial charge in [-0.3, -0.25) is 9.69 Å². The Bertz CT molecular complexity index is 563. The van der Waals surface area contributed by atoms with Crippen molar-refractivity contribution in [3.63, 3.8) is 0 Å². The standard InChI is InChI=1S/C16H20ClFN2O2/c17-12-6-11(7-13(18)8-12)9-20-5-2-14(21)16(10-20)3-1-4-19-15(16)22/h6-8,14,21H,1-5,9-10H2,(H,19,22)/t14-,16+/m0/s1. The fourth-order valence-electron chi connectivity index (χ4n) is 3.62. The summed E-state index contributed by atoms with van der Waals surface area (Å²) in [5.74, 6) is -0.419. The molecule has 0 saturated carbocycles. The van der Waals surface area contributed by atoms with E-state index in [4.69, 9.17) is 11.6 Å². The lowest BCUT2D eigenvalue weighted by atomic mass is 9.71. The number of nitrogens with zero attached hydrogens (tertiary/aromatic N) is 1. The molecule has 4 nitrogen and oxygen atoms in total. The van der Waals surface area contributed by atoms with Crippen LogP contribution < -0.4 is 5.32 Å². The van der Waals surface area contributed by atoms with Gasteiger partial charge in [-0.1, -0.05) is 11.6 Å². The number of hydrogen-bond acceptors (Lipinski definition) is 3. The van der Waals surface area contributed by atoms with Gasteiger partial charge in [0.05, 0.1) is 11.5 Å². The van der Waals surface area contributed by atoms with Crippen molar-refractivity contribution in [2.24, 2.45) is 5.41 Å². The Hall–Kier alpha value is -1.17. The normalized spacial score (nSPS) is 29.6. The molecule has 6 heteroatoms. The molecule has 0 aromatic heterocycles. The molecular weight excluding hydrogens is 307 g/mol. The molecule has 2 aliphatic rings. The van der Waals surface area contributed by atoms with Crippen LogP contribution in [-0.2, 0) is 11.3 Å². The number of hydrogen-bond donors (Lipinski definition) is 2. The fraction of sp³-hybridized carbons (Fsp3) is 0.562. The largest absolute Gasteiger partial charge is 0.392 e. The summed E-state index contributed by atoms with van der Waals surface area (Å²) in [5, 5.41) is 13.6. The molecule has 120 valence electrons. The predicted molar refractivity (Wildman–Crippen MR) is 82.0 cm³/mol. The average Bonchev–Trinajstić information content (AvgIpc) is 2.45. The van der Waals surface area contributed by atoms with Crippen LogP contribution in [-0.4, -0.2) is 41.7 Å².